The lowest BCUT2D eigenvalue weighted by Crippen LogP contribution is -2.06. The third kappa shape index (κ3) is 4.74. The van der Waals surface area contributed by atoms with Gasteiger partial charge in [0.2, 0.25) is 5.16 Å². The zero-order valence-corrected chi connectivity index (χ0v) is 15.0. The molecular weight excluding hydrogens is 350 g/mol. The summed E-state index contributed by atoms with van der Waals surface area (Å²) in [6.07, 6.45) is 0. The zero-order chi connectivity index (χ0) is 18.2. The molecular formula is C18H17N5O2S. The number of ether oxygens (including phenoxy) is 2. The highest BCUT2D eigenvalue weighted by atomic mass is 32.2. The lowest BCUT2D eigenvalue weighted by Gasteiger charge is -2.07. The van der Waals surface area contributed by atoms with Gasteiger partial charge in [-0.05, 0) is 52.4 Å². The molecule has 0 amide bonds. The molecule has 0 saturated carbocycles. The Balaban J connectivity index is 1.49. The largest absolute Gasteiger partial charge is 0.497 e. The van der Waals surface area contributed by atoms with E-state index in [1.165, 1.54) is 11.8 Å². The average Bonchev–Trinajstić information content (AvgIpc) is 3.13. The molecule has 1 heterocycles. The molecule has 0 aliphatic heterocycles. The molecule has 0 aliphatic rings. The molecule has 3 aromatic rings. The lowest BCUT2D eigenvalue weighted by atomic mass is 10.2. The van der Waals surface area contributed by atoms with Gasteiger partial charge in [-0.3, -0.25) is 0 Å². The first-order valence-electron chi connectivity index (χ1n) is 7.93. The van der Waals surface area contributed by atoms with E-state index in [2.05, 4.69) is 21.6 Å². The van der Waals surface area contributed by atoms with Gasteiger partial charge in [0, 0.05) is 5.75 Å². The maximum absolute atomic E-state index is 8.78. The first-order valence-corrected chi connectivity index (χ1v) is 8.92. The van der Waals surface area contributed by atoms with Crippen LogP contribution in [0.5, 0.6) is 11.5 Å². The van der Waals surface area contributed by atoms with E-state index in [9.17, 15) is 0 Å². The van der Waals surface area contributed by atoms with Crippen LogP contribution < -0.4 is 9.47 Å². The predicted molar refractivity (Wildman–Crippen MR) is 97.3 cm³/mol. The molecule has 1 aromatic heterocycles. The van der Waals surface area contributed by atoms with Crippen molar-refractivity contribution in [3.8, 4) is 17.6 Å². The summed E-state index contributed by atoms with van der Waals surface area (Å²) in [5.41, 5.74) is 1.71. The summed E-state index contributed by atoms with van der Waals surface area (Å²) in [7, 11) is 1.64. The van der Waals surface area contributed by atoms with Crippen molar-refractivity contribution >= 4 is 11.8 Å². The van der Waals surface area contributed by atoms with E-state index in [0.29, 0.717) is 24.5 Å². The van der Waals surface area contributed by atoms with E-state index in [-0.39, 0.29) is 0 Å². The molecule has 3 rings (SSSR count). The molecule has 0 unspecified atom stereocenters. The maximum Gasteiger partial charge on any atom is 0.209 e. The fourth-order valence-electron chi connectivity index (χ4n) is 2.22. The Morgan fingerprint density at radius 2 is 1.81 bits per heavy atom. The highest BCUT2D eigenvalue weighted by Crippen LogP contribution is 2.18. The molecule has 132 valence electrons. The van der Waals surface area contributed by atoms with Gasteiger partial charge in [0.05, 0.1) is 31.9 Å². The number of hydrogen-bond donors (Lipinski definition) is 0. The predicted octanol–water partition coefficient (Wildman–Crippen LogP) is 2.77. The Hall–Kier alpha value is -3.05. The Morgan fingerprint density at radius 1 is 1.08 bits per heavy atom. The highest BCUT2D eigenvalue weighted by Gasteiger charge is 2.08. The Kier molecular flexibility index (Phi) is 6.06. The molecule has 0 bridgehead atoms. The Morgan fingerprint density at radius 3 is 2.50 bits per heavy atom. The van der Waals surface area contributed by atoms with Crippen LogP contribution in [0.4, 0.5) is 0 Å². The van der Waals surface area contributed by atoms with Gasteiger partial charge in [0.25, 0.3) is 0 Å². The Bertz CT molecular complexity index is 872. The second kappa shape index (κ2) is 8.87. The van der Waals surface area contributed by atoms with Crippen molar-refractivity contribution in [1.29, 1.82) is 5.26 Å². The minimum Gasteiger partial charge on any atom is -0.497 e. The number of tetrazole rings is 1. The summed E-state index contributed by atoms with van der Waals surface area (Å²) in [4.78, 5) is 0. The monoisotopic (exact) mass is 367 g/mol. The molecule has 0 saturated heterocycles. The number of nitrogens with zero attached hydrogens (tertiary/aromatic N) is 5. The minimum atomic E-state index is 0.520. The molecule has 2 aromatic carbocycles. The van der Waals surface area contributed by atoms with E-state index >= 15 is 0 Å². The summed E-state index contributed by atoms with van der Waals surface area (Å²) in [6.45, 7) is 1.11. The lowest BCUT2D eigenvalue weighted by molar-refractivity contribution is 0.343. The average molecular weight is 367 g/mol. The Labute approximate surface area is 155 Å². The van der Waals surface area contributed by atoms with Crippen molar-refractivity contribution in [3.63, 3.8) is 0 Å². The summed E-state index contributed by atoms with van der Waals surface area (Å²) in [6, 6.07) is 16.9. The smallest absolute Gasteiger partial charge is 0.209 e. The van der Waals surface area contributed by atoms with Gasteiger partial charge in [-0.25, -0.2) is 4.68 Å². The third-order valence-electron chi connectivity index (χ3n) is 3.56. The van der Waals surface area contributed by atoms with Crippen molar-refractivity contribution < 1.29 is 9.47 Å². The normalized spacial score (nSPS) is 10.3. The SMILES string of the molecule is COc1ccc(Cn2nnnc2SCCOc2ccc(C#N)cc2)cc1. The van der Waals surface area contributed by atoms with Crippen LogP contribution in [0.1, 0.15) is 11.1 Å². The van der Waals surface area contributed by atoms with Gasteiger partial charge < -0.3 is 9.47 Å². The van der Waals surface area contributed by atoms with Gasteiger partial charge in [0.15, 0.2) is 0 Å². The van der Waals surface area contributed by atoms with Gasteiger partial charge in [-0.1, -0.05) is 23.9 Å². The van der Waals surface area contributed by atoms with Gasteiger partial charge in [0.1, 0.15) is 11.5 Å². The molecule has 26 heavy (non-hydrogen) atoms. The van der Waals surface area contributed by atoms with E-state index in [0.717, 1.165) is 22.2 Å². The molecule has 0 spiro atoms. The van der Waals surface area contributed by atoms with E-state index in [1.54, 1.807) is 36.1 Å². The maximum atomic E-state index is 8.78. The number of nitriles is 1. The van der Waals surface area contributed by atoms with Crippen LogP contribution in [0.25, 0.3) is 0 Å². The quantitative estimate of drug-likeness (QED) is 0.447. The number of benzene rings is 2. The number of aromatic nitrogens is 4. The van der Waals surface area contributed by atoms with Crippen molar-refractivity contribution in [2.24, 2.45) is 0 Å². The van der Waals surface area contributed by atoms with Crippen molar-refractivity contribution in [3.05, 3.63) is 59.7 Å². The standard InChI is InChI=1S/C18H17N5O2S/c1-24-16-6-4-15(5-7-16)13-23-18(20-21-22-23)26-11-10-25-17-8-2-14(12-19)3-9-17/h2-9H,10-11,13H2,1H3. The van der Waals surface area contributed by atoms with Crippen LogP contribution in [0.15, 0.2) is 53.7 Å². The summed E-state index contributed by atoms with van der Waals surface area (Å²) < 4.78 is 12.6. The first kappa shape index (κ1) is 17.8. The summed E-state index contributed by atoms with van der Waals surface area (Å²) in [5.74, 6) is 2.27. The van der Waals surface area contributed by atoms with Crippen LogP contribution in [0.3, 0.4) is 0 Å². The second-order valence-corrected chi connectivity index (χ2v) is 6.36. The number of rotatable bonds is 8. The number of methoxy groups -OCH3 is 1. The highest BCUT2D eigenvalue weighted by molar-refractivity contribution is 7.99. The van der Waals surface area contributed by atoms with Crippen LogP contribution in [-0.2, 0) is 6.54 Å². The van der Waals surface area contributed by atoms with Crippen LogP contribution in [-0.4, -0.2) is 39.7 Å². The topological polar surface area (TPSA) is 85.8 Å². The fraction of sp³-hybridized carbons (Fsp3) is 0.222. The van der Waals surface area contributed by atoms with Crippen molar-refractivity contribution in [2.45, 2.75) is 11.7 Å². The first-order chi connectivity index (χ1) is 12.8. The van der Waals surface area contributed by atoms with Crippen molar-refractivity contribution in [1.82, 2.24) is 20.2 Å². The van der Waals surface area contributed by atoms with Crippen molar-refractivity contribution in [2.75, 3.05) is 19.5 Å². The third-order valence-corrected chi connectivity index (χ3v) is 4.48. The molecule has 0 fully saturated rings. The fourth-order valence-corrected chi connectivity index (χ4v) is 2.91. The zero-order valence-electron chi connectivity index (χ0n) is 14.2. The van der Waals surface area contributed by atoms with Crippen LogP contribution >= 0.6 is 11.8 Å². The van der Waals surface area contributed by atoms with Crippen LogP contribution in [0, 0.1) is 11.3 Å². The van der Waals surface area contributed by atoms with Crippen LogP contribution in [0.2, 0.25) is 0 Å². The van der Waals surface area contributed by atoms with Gasteiger partial charge >= 0.3 is 0 Å². The van der Waals surface area contributed by atoms with E-state index < -0.39 is 0 Å². The minimum absolute atomic E-state index is 0.520. The molecule has 0 aliphatic carbocycles. The number of thioether (sulfide) groups is 1. The molecule has 7 nitrogen and oxygen atoms in total. The second-order valence-electron chi connectivity index (χ2n) is 5.30. The van der Waals surface area contributed by atoms with E-state index in [1.807, 2.05) is 24.3 Å². The summed E-state index contributed by atoms with van der Waals surface area (Å²) >= 11 is 1.53. The number of hydrogen-bond acceptors (Lipinski definition) is 7. The molecule has 0 atom stereocenters. The molecule has 0 radical (unpaired) electrons. The van der Waals surface area contributed by atoms with E-state index in [4.69, 9.17) is 14.7 Å². The summed E-state index contributed by atoms with van der Waals surface area (Å²) in [5, 5.41) is 21.4. The molecule has 0 N–H and O–H groups in total. The molecule has 8 heteroatoms. The van der Waals surface area contributed by atoms with Gasteiger partial charge in [-0.2, -0.15) is 5.26 Å². The van der Waals surface area contributed by atoms with Gasteiger partial charge in [-0.15, -0.1) is 5.10 Å².